The predicted octanol–water partition coefficient (Wildman–Crippen LogP) is 3.99. The number of nitrogens with zero attached hydrogens (tertiary/aromatic N) is 2. The summed E-state index contributed by atoms with van der Waals surface area (Å²) < 4.78 is 5.41. The average Bonchev–Trinajstić information content (AvgIpc) is 3.02. The molecule has 1 aliphatic heterocycles. The van der Waals surface area contributed by atoms with Gasteiger partial charge in [0.15, 0.2) is 6.61 Å². The molecule has 0 spiro atoms. The fraction of sp³-hybridized carbons (Fsp3) is 0.261. The summed E-state index contributed by atoms with van der Waals surface area (Å²) in [7, 11) is 0. The van der Waals surface area contributed by atoms with Gasteiger partial charge in [0.05, 0.1) is 16.8 Å². The van der Waals surface area contributed by atoms with Crippen molar-refractivity contribution in [1.82, 2.24) is 4.98 Å². The van der Waals surface area contributed by atoms with Crippen LogP contribution in [0.15, 0.2) is 48.5 Å². The van der Waals surface area contributed by atoms with Crippen molar-refractivity contribution in [2.24, 2.45) is 0 Å². The molecule has 4 rings (SSSR count). The van der Waals surface area contributed by atoms with E-state index in [1.165, 1.54) is 0 Å². The summed E-state index contributed by atoms with van der Waals surface area (Å²) in [4.78, 5) is 31.7. The Bertz CT molecular complexity index is 1090. The zero-order valence-electron chi connectivity index (χ0n) is 16.2. The minimum absolute atomic E-state index is 0.0504. The number of aryl methyl sites for hydroxylation is 2. The van der Waals surface area contributed by atoms with Gasteiger partial charge in [-0.1, -0.05) is 36.4 Å². The zero-order chi connectivity index (χ0) is 19.8. The van der Waals surface area contributed by atoms with Crippen molar-refractivity contribution in [3.63, 3.8) is 0 Å². The molecule has 2 aromatic carbocycles. The molecule has 0 saturated heterocycles. The number of hydrogen-bond donors (Lipinski definition) is 0. The molecular weight excluding hydrogens is 352 g/mol. The number of para-hydroxylation sites is 2. The van der Waals surface area contributed by atoms with Gasteiger partial charge in [-0.2, -0.15) is 0 Å². The van der Waals surface area contributed by atoms with E-state index in [0.717, 1.165) is 34.1 Å². The fourth-order valence-electron chi connectivity index (χ4n) is 4.05. The van der Waals surface area contributed by atoms with E-state index in [4.69, 9.17) is 4.74 Å². The van der Waals surface area contributed by atoms with E-state index in [2.05, 4.69) is 4.98 Å². The number of anilines is 1. The van der Waals surface area contributed by atoms with Crippen LogP contribution in [0, 0.1) is 13.8 Å². The summed E-state index contributed by atoms with van der Waals surface area (Å²) in [6, 6.07) is 15.6. The minimum atomic E-state index is -0.512. The normalized spacial score (nSPS) is 15.5. The van der Waals surface area contributed by atoms with E-state index in [9.17, 15) is 9.59 Å². The number of carbonyl (C=O) groups is 2. The molecule has 0 bridgehead atoms. The Kier molecular flexibility index (Phi) is 4.59. The van der Waals surface area contributed by atoms with Crippen molar-refractivity contribution >= 4 is 28.5 Å². The van der Waals surface area contributed by atoms with Crippen LogP contribution in [-0.2, 0) is 16.0 Å². The molecular formula is C23H22N2O3. The maximum absolute atomic E-state index is 12.8. The van der Waals surface area contributed by atoms with Gasteiger partial charge in [0.1, 0.15) is 0 Å². The molecule has 1 atom stereocenters. The van der Waals surface area contributed by atoms with Crippen LogP contribution in [-0.4, -0.2) is 29.5 Å². The maximum atomic E-state index is 12.8. The van der Waals surface area contributed by atoms with Gasteiger partial charge in [-0.15, -0.1) is 0 Å². The van der Waals surface area contributed by atoms with Gasteiger partial charge in [0.25, 0.3) is 5.91 Å². The number of ether oxygens (including phenoxy) is 1. The second kappa shape index (κ2) is 7.08. The zero-order valence-corrected chi connectivity index (χ0v) is 16.2. The number of amides is 1. The largest absolute Gasteiger partial charge is 0.452 e. The highest BCUT2D eigenvalue weighted by molar-refractivity contribution is 6.01. The van der Waals surface area contributed by atoms with Gasteiger partial charge in [-0.25, -0.2) is 4.79 Å². The second-order valence-corrected chi connectivity index (χ2v) is 7.24. The Morgan fingerprint density at radius 2 is 1.82 bits per heavy atom. The Labute approximate surface area is 163 Å². The summed E-state index contributed by atoms with van der Waals surface area (Å²) in [6.07, 6.45) is 0.808. The lowest BCUT2D eigenvalue weighted by Gasteiger charge is -2.22. The highest BCUT2D eigenvalue weighted by Gasteiger charge is 2.31. The van der Waals surface area contributed by atoms with E-state index in [1.807, 2.05) is 62.4 Å². The van der Waals surface area contributed by atoms with Gasteiger partial charge in [0.2, 0.25) is 0 Å². The number of fused-ring (bicyclic) bond motifs is 2. The third-order valence-electron chi connectivity index (χ3n) is 5.34. The molecule has 5 heteroatoms. The van der Waals surface area contributed by atoms with Gasteiger partial charge < -0.3 is 9.64 Å². The average molecular weight is 374 g/mol. The molecule has 5 nitrogen and oxygen atoms in total. The van der Waals surface area contributed by atoms with Crippen LogP contribution in [0.25, 0.3) is 10.9 Å². The number of aromatic nitrogens is 1. The molecule has 3 aromatic rings. The first-order chi connectivity index (χ1) is 13.5. The Balaban J connectivity index is 1.54. The van der Waals surface area contributed by atoms with Gasteiger partial charge in [-0.05, 0) is 50.5 Å². The van der Waals surface area contributed by atoms with E-state index >= 15 is 0 Å². The molecule has 0 N–H and O–H groups in total. The molecule has 0 saturated carbocycles. The van der Waals surface area contributed by atoms with Crippen molar-refractivity contribution < 1.29 is 14.3 Å². The summed E-state index contributed by atoms with van der Waals surface area (Å²) in [5.41, 5.74) is 4.74. The summed E-state index contributed by atoms with van der Waals surface area (Å²) >= 11 is 0. The molecule has 0 fully saturated rings. The predicted molar refractivity (Wildman–Crippen MR) is 109 cm³/mol. The van der Waals surface area contributed by atoms with Crippen LogP contribution < -0.4 is 4.90 Å². The van der Waals surface area contributed by atoms with E-state index in [0.29, 0.717) is 11.3 Å². The number of pyridine rings is 1. The molecule has 1 aliphatic rings. The van der Waals surface area contributed by atoms with E-state index in [-0.39, 0.29) is 18.6 Å². The first-order valence-electron chi connectivity index (χ1n) is 9.40. The lowest BCUT2D eigenvalue weighted by molar-refractivity contribution is -0.122. The van der Waals surface area contributed by atoms with Crippen molar-refractivity contribution in [2.45, 2.75) is 33.2 Å². The summed E-state index contributed by atoms with van der Waals surface area (Å²) in [5.74, 6) is -0.725. The first-order valence-corrected chi connectivity index (χ1v) is 9.40. The standard InChI is InChI=1S/C23H22N2O3/c1-14-12-17-8-4-7-11-20(17)25(14)21(26)13-28-23(27)22-15(2)18-9-5-6-10-19(18)24-16(22)3/h4-11,14H,12-13H2,1-3H3/t14-/m1/s1. The first kappa shape index (κ1) is 18.2. The number of benzene rings is 2. The van der Waals surface area contributed by atoms with Gasteiger partial charge in [-0.3, -0.25) is 9.78 Å². The smallest absolute Gasteiger partial charge is 0.340 e. The fourth-order valence-corrected chi connectivity index (χ4v) is 4.05. The number of hydrogen-bond acceptors (Lipinski definition) is 4. The monoisotopic (exact) mass is 374 g/mol. The topological polar surface area (TPSA) is 59.5 Å². The van der Waals surface area contributed by atoms with E-state index in [1.54, 1.807) is 11.8 Å². The Morgan fingerprint density at radius 1 is 1.11 bits per heavy atom. The van der Waals surface area contributed by atoms with E-state index < -0.39 is 5.97 Å². The Morgan fingerprint density at radius 3 is 2.64 bits per heavy atom. The molecule has 2 heterocycles. The quantitative estimate of drug-likeness (QED) is 0.651. The molecule has 142 valence electrons. The maximum Gasteiger partial charge on any atom is 0.340 e. The SMILES string of the molecule is Cc1nc2ccccc2c(C)c1C(=O)OCC(=O)N1c2ccccc2C[C@H]1C. The number of esters is 1. The molecule has 28 heavy (non-hydrogen) atoms. The van der Waals surface area contributed by atoms with Crippen molar-refractivity contribution in [3.05, 3.63) is 70.9 Å². The van der Waals surface area contributed by atoms with Crippen LogP contribution in [0.3, 0.4) is 0 Å². The van der Waals surface area contributed by atoms with Crippen molar-refractivity contribution in [2.75, 3.05) is 11.5 Å². The Hall–Kier alpha value is -3.21. The molecule has 0 radical (unpaired) electrons. The van der Waals surface area contributed by atoms with Crippen molar-refractivity contribution in [1.29, 1.82) is 0 Å². The lowest BCUT2D eigenvalue weighted by Crippen LogP contribution is -2.38. The molecule has 0 aliphatic carbocycles. The highest BCUT2D eigenvalue weighted by atomic mass is 16.5. The number of rotatable bonds is 3. The second-order valence-electron chi connectivity index (χ2n) is 7.24. The van der Waals surface area contributed by atoms with Crippen LogP contribution in [0.4, 0.5) is 5.69 Å². The molecule has 1 aromatic heterocycles. The van der Waals surface area contributed by atoms with Gasteiger partial charge in [0, 0.05) is 17.1 Å². The van der Waals surface area contributed by atoms with Crippen LogP contribution >= 0.6 is 0 Å². The number of carbonyl (C=O) groups excluding carboxylic acids is 2. The van der Waals surface area contributed by atoms with Crippen LogP contribution in [0.5, 0.6) is 0 Å². The minimum Gasteiger partial charge on any atom is -0.452 e. The van der Waals surface area contributed by atoms with Crippen LogP contribution in [0.1, 0.15) is 34.1 Å². The van der Waals surface area contributed by atoms with Gasteiger partial charge >= 0.3 is 5.97 Å². The molecule has 1 amide bonds. The third kappa shape index (κ3) is 3.03. The summed E-state index contributed by atoms with van der Waals surface area (Å²) in [6.45, 7) is 5.38. The lowest BCUT2D eigenvalue weighted by atomic mass is 10.0. The molecule has 0 unspecified atom stereocenters. The van der Waals surface area contributed by atoms with Crippen LogP contribution in [0.2, 0.25) is 0 Å². The van der Waals surface area contributed by atoms with Crippen molar-refractivity contribution in [3.8, 4) is 0 Å². The highest BCUT2D eigenvalue weighted by Crippen LogP contribution is 2.32. The summed E-state index contributed by atoms with van der Waals surface area (Å²) in [5, 5.41) is 0.911. The third-order valence-corrected chi connectivity index (χ3v) is 5.34.